The molecule has 27 heavy (non-hydrogen) atoms. The molecule has 7 heteroatoms. The summed E-state index contributed by atoms with van der Waals surface area (Å²) in [6, 6.07) is 9.22. The van der Waals surface area contributed by atoms with Crippen molar-refractivity contribution in [2.75, 3.05) is 11.9 Å². The number of benzene rings is 2. The Morgan fingerprint density at radius 3 is 2.44 bits per heavy atom. The number of anilines is 1. The van der Waals surface area contributed by atoms with E-state index < -0.39 is 0 Å². The van der Waals surface area contributed by atoms with Crippen LogP contribution < -0.4 is 10.6 Å². The molecule has 1 heterocycles. The Kier molecular flexibility index (Phi) is 5.21. The van der Waals surface area contributed by atoms with Gasteiger partial charge in [-0.25, -0.2) is 4.68 Å². The molecule has 0 atom stereocenters. The molecule has 0 aliphatic rings. The first kappa shape index (κ1) is 18.6. The highest BCUT2D eigenvalue weighted by atomic mass is 16.2. The maximum Gasteiger partial charge on any atom is 0.251 e. The zero-order chi connectivity index (χ0) is 19.6. The van der Waals surface area contributed by atoms with Crippen molar-refractivity contribution in [1.82, 2.24) is 20.3 Å². The van der Waals surface area contributed by atoms with E-state index in [0.29, 0.717) is 17.6 Å². The van der Waals surface area contributed by atoms with E-state index in [1.54, 1.807) is 16.8 Å². The number of nitrogens with zero attached hydrogens (tertiary/aromatic N) is 3. The SMILES string of the molecule is CCn1nnc2cc(C(=O)NCC(=O)Nc3c(C)cc(C)cc3C)ccc21. The second-order valence-electron chi connectivity index (χ2n) is 6.61. The molecule has 140 valence electrons. The molecule has 0 bridgehead atoms. The van der Waals surface area contributed by atoms with Gasteiger partial charge in [-0.3, -0.25) is 9.59 Å². The van der Waals surface area contributed by atoms with Crippen LogP contribution >= 0.6 is 0 Å². The fraction of sp³-hybridized carbons (Fsp3) is 0.300. The Bertz CT molecular complexity index is 999. The second-order valence-corrected chi connectivity index (χ2v) is 6.61. The zero-order valence-corrected chi connectivity index (χ0v) is 16.0. The number of amides is 2. The Balaban J connectivity index is 1.64. The van der Waals surface area contributed by atoms with Crippen molar-refractivity contribution in [1.29, 1.82) is 0 Å². The number of rotatable bonds is 5. The fourth-order valence-corrected chi connectivity index (χ4v) is 3.17. The molecule has 0 aliphatic carbocycles. The fourth-order valence-electron chi connectivity index (χ4n) is 3.17. The van der Waals surface area contributed by atoms with E-state index in [9.17, 15) is 9.59 Å². The van der Waals surface area contributed by atoms with Crippen molar-refractivity contribution in [2.45, 2.75) is 34.2 Å². The van der Waals surface area contributed by atoms with Crippen LogP contribution in [0.4, 0.5) is 5.69 Å². The predicted molar refractivity (Wildman–Crippen MR) is 105 cm³/mol. The molecule has 0 unspecified atom stereocenters. The third-order valence-electron chi connectivity index (χ3n) is 4.43. The van der Waals surface area contributed by atoms with E-state index in [1.165, 1.54) is 0 Å². The van der Waals surface area contributed by atoms with Gasteiger partial charge in [0.25, 0.3) is 5.91 Å². The smallest absolute Gasteiger partial charge is 0.251 e. The number of fused-ring (bicyclic) bond motifs is 1. The van der Waals surface area contributed by atoms with Crippen molar-refractivity contribution in [2.24, 2.45) is 0 Å². The molecule has 2 N–H and O–H groups in total. The van der Waals surface area contributed by atoms with Crippen molar-refractivity contribution in [3.05, 3.63) is 52.6 Å². The summed E-state index contributed by atoms with van der Waals surface area (Å²) < 4.78 is 1.76. The normalized spacial score (nSPS) is 10.8. The van der Waals surface area contributed by atoms with Crippen LogP contribution in [0.5, 0.6) is 0 Å². The van der Waals surface area contributed by atoms with E-state index in [4.69, 9.17) is 0 Å². The van der Waals surface area contributed by atoms with Gasteiger partial charge in [-0.15, -0.1) is 5.10 Å². The lowest BCUT2D eigenvalue weighted by Crippen LogP contribution is -2.33. The number of carbonyl (C=O) groups is 2. The minimum absolute atomic E-state index is 0.106. The summed E-state index contributed by atoms with van der Waals surface area (Å²) in [5.74, 6) is -0.591. The van der Waals surface area contributed by atoms with Crippen molar-refractivity contribution < 1.29 is 9.59 Å². The first-order valence-electron chi connectivity index (χ1n) is 8.88. The molecule has 0 spiro atoms. The number of aryl methyl sites for hydroxylation is 4. The lowest BCUT2D eigenvalue weighted by molar-refractivity contribution is -0.115. The predicted octanol–water partition coefficient (Wildman–Crippen LogP) is 2.74. The van der Waals surface area contributed by atoms with Crippen molar-refractivity contribution in [3.63, 3.8) is 0 Å². The van der Waals surface area contributed by atoms with Gasteiger partial charge < -0.3 is 10.6 Å². The van der Waals surface area contributed by atoms with Gasteiger partial charge in [-0.2, -0.15) is 0 Å². The lowest BCUT2D eigenvalue weighted by Gasteiger charge is -2.13. The Hall–Kier alpha value is -3.22. The molecule has 7 nitrogen and oxygen atoms in total. The molecule has 0 fully saturated rings. The molecule has 0 saturated carbocycles. The van der Waals surface area contributed by atoms with Gasteiger partial charge in [-0.05, 0) is 57.0 Å². The largest absolute Gasteiger partial charge is 0.343 e. The standard InChI is InChI=1S/C20H23N5O2/c1-5-25-17-7-6-15(10-16(17)23-24-25)20(27)21-11-18(26)22-19-13(3)8-12(2)9-14(19)4/h6-10H,5,11H2,1-4H3,(H,21,27)(H,22,26). The van der Waals surface area contributed by atoms with Gasteiger partial charge in [-0.1, -0.05) is 22.9 Å². The summed E-state index contributed by atoms with van der Waals surface area (Å²) >= 11 is 0. The van der Waals surface area contributed by atoms with Gasteiger partial charge in [0.1, 0.15) is 5.52 Å². The Morgan fingerprint density at radius 2 is 1.78 bits per heavy atom. The summed E-state index contributed by atoms with van der Waals surface area (Å²) in [6.45, 7) is 8.50. The van der Waals surface area contributed by atoms with Crippen LogP contribution in [-0.4, -0.2) is 33.4 Å². The summed E-state index contributed by atoms with van der Waals surface area (Å²) in [4.78, 5) is 24.6. The Morgan fingerprint density at radius 1 is 1.07 bits per heavy atom. The van der Waals surface area contributed by atoms with Crippen molar-refractivity contribution >= 4 is 28.5 Å². The molecule has 0 aliphatic heterocycles. The van der Waals surface area contributed by atoms with Gasteiger partial charge in [0.2, 0.25) is 5.91 Å². The lowest BCUT2D eigenvalue weighted by atomic mass is 10.1. The summed E-state index contributed by atoms with van der Waals surface area (Å²) in [5.41, 5.74) is 5.90. The molecule has 0 saturated heterocycles. The molecule has 2 aromatic carbocycles. The quantitative estimate of drug-likeness (QED) is 0.728. The van der Waals surface area contributed by atoms with E-state index in [1.807, 2.05) is 45.9 Å². The first-order valence-corrected chi connectivity index (χ1v) is 8.88. The van der Waals surface area contributed by atoms with Crippen LogP contribution in [0.2, 0.25) is 0 Å². The average Bonchev–Trinajstić information content (AvgIpc) is 3.05. The van der Waals surface area contributed by atoms with Gasteiger partial charge in [0.05, 0.1) is 12.1 Å². The van der Waals surface area contributed by atoms with Crippen LogP contribution in [0.3, 0.4) is 0 Å². The van der Waals surface area contributed by atoms with Crippen LogP contribution in [0, 0.1) is 20.8 Å². The van der Waals surface area contributed by atoms with Crippen LogP contribution in [0.15, 0.2) is 30.3 Å². The molecule has 1 aromatic heterocycles. The second kappa shape index (κ2) is 7.57. The third-order valence-corrected chi connectivity index (χ3v) is 4.43. The van der Waals surface area contributed by atoms with E-state index in [2.05, 4.69) is 20.9 Å². The van der Waals surface area contributed by atoms with Gasteiger partial charge >= 0.3 is 0 Å². The minimum atomic E-state index is -0.324. The Labute approximate surface area is 157 Å². The zero-order valence-electron chi connectivity index (χ0n) is 16.0. The number of aromatic nitrogens is 3. The molecular formula is C20H23N5O2. The van der Waals surface area contributed by atoms with Crippen LogP contribution in [0.25, 0.3) is 11.0 Å². The molecule has 2 amide bonds. The molecule has 3 rings (SSSR count). The first-order chi connectivity index (χ1) is 12.9. The highest BCUT2D eigenvalue weighted by molar-refractivity contribution is 6.01. The maximum absolute atomic E-state index is 12.4. The van der Waals surface area contributed by atoms with E-state index in [-0.39, 0.29) is 18.4 Å². The summed E-state index contributed by atoms with van der Waals surface area (Å²) in [6.07, 6.45) is 0. The number of hydrogen-bond donors (Lipinski definition) is 2. The minimum Gasteiger partial charge on any atom is -0.343 e. The van der Waals surface area contributed by atoms with Crippen LogP contribution in [-0.2, 0) is 11.3 Å². The highest BCUT2D eigenvalue weighted by Crippen LogP contribution is 2.21. The average molecular weight is 365 g/mol. The van der Waals surface area contributed by atoms with Gasteiger partial charge in [0.15, 0.2) is 0 Å². The third kappa shape index (κ3) is 3.97. The van der Waals surface area contributed by atoms with Crippen LogP contribution in [0.1, 0.15) is 34.0 Å². The number of carbonyl (C=O) groups excluding carboxylic acids is 2. The van der Waals surface area contributed by atoms with Crippen molar-refractivity contribution in [3.8, 4) is 0 Å². The topological polar surface area (TPSA) is 88.9 Å². The monoisotopic (exact) mass is 365 g/mol. The number of hydrogen-bond acceptors (Lipinski definition) is 4. The maximum atomic E-state index is 12.4. The van der Waals surface area contributed by atoms with Gasteiger partial charge in [0, 0.05) is 17.8 Å². The molecular weight excluding hydrogens is 342 g/mol. The molecule has 3 aromatic rings. The van der Waals surface area contributed by atoms with E-state index in [0.717, 1.165) is 27.9 Å². The number of nitrogens with one attached hydrogen (secondary N) is 2. The van der Waals surface area contributed by atoms with E-state index >= 15 is 0 Å². The highest BCUT2D eigenvalue weighted by Gasteiger charge is 2.12. The summed E-state index contributed by atoms with van der Waals surface area (Å²) in [7, 11) is 0. The summed E-state index contributed by atoms with van der Waals surface area (Å²) in [5, 5.41) is 13.6. The molecule has 0 radical (unpaired) electrons.